The fraction of sp³-hybridized carbons (Fsp3) is 0.429. The van der Waals surface area contributed by atoms with E-state index < -0.39 is 6.10 Å². The predicted octanol–water partition coefficient (Wildman–Crippen LogP) is 0.451. The van der Waals surface area contributed by atoms with Crippen LogP contribution in [0.25, 0.3) is 0 Å². The number of nitrogens with one attached hydrogen (secondary N) is 1. The fourth-order valence-electron chi connectivity index (χ4n) is 1.48. The lowest BCUT2D eigenvalue weighted by Gasteiger charge is -2.10. The first-order chi connectivity index (χ1) is 9.65. The minimum Gasteiger partial charge on any atom is -0.484 e. The molecule has 20 heavy (non-hydrogen) atoms. The molecule has 0 radical (unpaired) electrons. The van der Waals surface area contributed by atoms with Crippen LogP contribution in [0.4, 0.5) is 0 Å². The van der Waals surface area contributed by atoms with E-state index in [2.05, 4.69) is 5.32 Å². The maximum Gasteiger partial charge on any atom is 0.257 e. The highest BCUT2D eigenvalue weighted by atomic mass is 16.5. The van der Waals surface area contributed by atoms with E-state index in [1.165, 1.54) is 7.11 Å². The highest BCUT2D eigenvalue weighted by molar-refractivity contribution is 5.77. The molecule has 0 bridgehead atoms. The van der Waals surface area contributed by atoms with E-state index in [4.69, 9.17) is 14.7 Å². The number of hydrogen-bond acceptors (Lipinski definition) is 5. The molecule has 0 aliphatic carbocycles. The highest BCUT2D eigenvalue weighted by Crippen LogP contribution is 2.11. The summed E-state index contributed by atoms with van der Waals surface area (Å²) in [6.07, 6.45) is -0.157. The first-order valence-electron chi connectivity index (χ1n) is 6.22. The van der Waals surface area contributed by atoms with Crippen LogP contribution in [0.5, 0.6) is 5.75 Å². The quantitative estimate of drug-likeness (QED) is 0.720. The molecule has 0 aliphatic heterocycles. The van der Waals surface area contributed by atoms with Crippen molar-refractivity contribution in [2.24, 2.45) is 0 Å². The van der Waals surface area contributed by atoms with Crippen molar-refractivity contribution < 1.29 is 19.4 Å². The molecule has 0 spiro atoms. The van der Waals surface area contributed by atoms with Crippen molar-refractivity contribution >= 4 is 5.91 Å². The number of nitrogens with zero attached hydrogens (tertiary/aromatic N) is 1. The maximum atomic E-state index is 11.5. The Bertz CT molecular complexity index is 453. The molecule has 0 fully saturated rings. The van der Waals surface area contributed by atoms with Crippen LogP contribution in [-0.4, -0.2) is 44.0 Å². The molecule has 1 amide bonds. The number of benzene rings is 1. The first kappa shape index (κ1) is 16.0. The molecule has 1 rings (SSSR count). The van der Waals surface area contributed by atoms with E-state index in [9.17, 15) is 9.90 Å². The molecule has 2 N–H and O–H groups in total. The van der Waals surface area contributed by atoms with Crippen molar-refractivity contribution in [1.82, 2.24) is 5.32 Å². The summed E-state index contributed by atoms with van der Waals surface area (Å²) < 4.78 is 10.0. The molecular formula is C14H18N2O4. The number of carbonyl (C=O) groups is 1. The van der Waals surface area contributed by atoms with E-state index in [-0.39, 0.29) is 19.1 Å². The van der Waals surface area contributed by atoms with Gasteiger partial charge >= 0.3 is 0 Å². The van der Waals surface area contributed by atoms with Gasteiger partial charge < -0.3 is 19.9 Å². The van der Waals surface area contributed by atoms with Crippen molar-refractivity contribution in [3.05, 3.63) is 29.8 Å². The van der Waals surface area contributed by atoms with Crippen LogP contribution in [0.1, 0.15) is 12.0 Å². The molecule has 6 nitrogen and oxygen atoms in total. The third kappa shape index (κ3) is 6.18. The van der Waals surface area contributed by atoms with Crippen molar-refractivity contribution in [2.45, 2.75) is 12.5 Å². The summed E-state index contributed by atoms with van der Waals surface area (Å²) in [5.74, 6) is 0.262. The van der Waals surface area contributed by atoms with Gasteiger partial charge in [-0.05, 0) is 30.7 Å². The van der Waals surface area contributed by atoms with Crippen molar-refractivity contribution in [3.8, 4) is 11.8 Å². The molecule has 0 saturated heterocycles. The topological polar surface area (TPSA) is 91.6 Å². The molecule has 0 heterocycles. The minimum atomic E-state index is -0.584. The number of nitriles is 1. The van der Waals surface area contributed by atoms with Crippen molar-refractivity contribution in [3.63, 3.8) is 0 Å². The summed E-state index contributed by atoms with van der Waals surface area (Å²) in [5.41, 5.74) is 0.536. The van der Waals surface area contributed by atoms with E-state index in [1.807, 2.05) is 6.07 Å². The largest absolute Gasteiger partial charge is 0.484 e. The number of methoxy groups -OCH3 is 1. The molecule has 0 aliphatic rings. The van der Waals surface area contributed by atoms with Gasteiger partial charge in [0.15, 0.2) is 6.61 Å². The van der Waals surface area contributed by atoms with Gasteiger partial charge in [0.25, 0.3) is 5.91 Å². The predicted molar refractivity (Wildman–Crippen MR) is 72.2 cm³/mol. The monoisotopic (exact) mass is 278 g/mol. The zero-order valence-electron chi connectivity index (χ0n) is 11.3. The Kier molecular flexibility index (Phi) is 7.11. The maximum absolute atomic E-state index is 11.5. The van der Waals surface area contributed by atoms with Crippen molar-refractivity contribution in [1.29, 1.82) is 5.26 Å². The molecule has 0 aromatic heterocycles. The molecular weight excluding hydrogens is 260 g/mol. The second-order valence-electron chi connectivity index (χ2n) is 4.17. The Balaban J connectivity index is 2.21. The summed E-state index contributed by atoms with van der Waals surface area (Å²) in [6.45, 7) is 0.504. The number of amides is 1. The molecule has 0 saturated carbocycles. The first-order valence-corrected chi connectivity index (χ1v) is 6.22. The van der Waals surface area contributed by atoms with E-state index in [0.717, 1.165) is 0 Å². The lowest BCUT2D eigenvalue weighted by Crippen LogP contribution is -2.32. The van der Waals surface area contributed by atoms with Crippen LogP contribution in [0.15, 0.2) is 24.3 Å². The van der Waals surface area contributed by atoms with Gasteiger partial charge in [-0.3, -0.25) is 4.79 Å². The zero-order valence-corrected chi connectivity index (χ0v) is 11.3. The van der Waals surface area contributed by atoms with E-state index >= 15 is 0 Å². The number of ether oxygens (including phenoxy) is 2. The van der Waals surface area contributed by atoms with E-state index in [1.54, 1.807) is 24.3 Å². The van der Waals surface area contributed by atoms with Gasteiger partial charge in [0.2, 0.25) is 0 Å². The highest BCUT2D eigenvalue weighted by Gasteiger charge is 2.06. The summed E-state index contributed by atoms with van der Waals surface area (Å²) >= 11 is 0. The summed E-state index contributed by atoms with van der Waals surface area (Å²) in [6, 6.07) is 8.50. The van der Waals surface area contributed by atoms with Gasteiger partial charge in [0, 0.05) is 13.7 Å². The number of rotatable bonds is 8. The molecule has 6 heteroatoms. The molecule has 1 unspecified atom stereocenters. The van der Waals surface area contributed by atoms with Crippen LogP contribution in [0.3, 0.4) is 0 Å². The lowest BCUT2D eigenvalue weighted by atomic mass is 10.2. The van der Waals surface area contributed by atoms with Crippen LogP contribution < -0.4 is 10.1 Å². The van der Waals surface area contributed by atoms with Gasteiger partial charge in [0.1, 0.15) is 5.75 Å². The van der Waals surface area contributed by atoms with Gasteiger partial charge in [-0.15, -0.1) is 0 Å². The van der Waals surface area contributed by atoms with Crippen LogP contribution >= 0.6 is 0 Å². The SMILES string of the molecule is COCC(O)CCNC(=O)COc1ccc(C#N)cc1. The number of aliphatic hydroxyl groups excluding tert-OH is 1. The number of carbonyl (C=O) groups excluding carboxylic acids is 1. The van der Waals surface area contributed by atoms with Crippen LogP contribution in [0, 0.1) is 11.3 Å². The lowest BCUT2D eigenvalue weighted by molar-refractivity contribution is -0.123. The number of hydrogen-bond donors (Lipinski definition) is 2. The smallest absolute Gasteiger partial charge is 0.257 e. The zero-order chi connectivity index (χ0) is 14.8. The van der Waals surface area contributed by atoms with Gasteiger partial charge in [-0.1, -0.05) is 0 Å². The normalized spacial score (nSPS) is 11.4. The van der Waals surface area contributed by atoms with Crippen LogP contribution in [0.2, 0.25) is 0 Å². The van der Waals surface area contributed by atoms with Gasteiger partial charge in [-0.25, -0.2) is 0 Å². The minimum absolute atomic E-state index is 0.105. The van der Waals surface area contributed by atoms with Crippen LogP contribution in [-0.2, 0) is 9.53 Å². The standard InChI is InChI=1S/C14H18N2O4/c1-19-9-12(17)6-7-16-14(18)10-20-13-4-2-11(8-15)3-5-13/h2-5,12,17H,6-7,9-10H2,1H3,(H,16,18). The van der Waals surface area contributed by atoms with Gasteiger partial charge in [-0.2, -0.15) is 5.26 Å². The third-order valence-electron chi connectivity index (χ3n) is 2.51. The van der Waals surface area contributed by atoms with Crippen molar-refractivity contribution in [2.75, 3.05) is 26.9 Å². The molecule has 1 aromatic rings. The average molecular weight is 278 g/mol. The average Bonchev–Trinajstić information content (AvgIpc) is 2.46. The third-order valence-corrected chi connectivity index (χ3v) is 2.51. The van der Waals surface area contributed by atoms with E-state index in [0.29, 0.717) is 24.3 Å². The Morgan fingerprint density at radius 3 is 2.75 bits per heavy atom. The Hall–Kier alpha value is -2.10. The fourth-order valence-corrected chi connectivity index (χ4v) is 1.48. The second-order valence-corrected chi connectivity index (χ2v) is 4.17. The number of aliphatic hydroxyl groups is 1. The summed E-state index contributed by atoms with van der Waals surface area (Å²) in [4.78, 5) is 11.5. The summed E-state index contributed by atoms with van der Waals surface area (Å²) in [7, 11) is 1.51. The molecule has 108 valence electrons. The Morgan fingerprint density at radius 1 is 1.45 bits per heavy atom. The Labute approximate surface area is 117 Å². The Morgan fingerprint density at radius 2 is 2.15 bits per heavy atom. The molecule has 1 atom stereocenters. The van der Waals surface area contributed by atoms with Gasteiger partial charge in [0.05, 0.1) is 24.3 Å². The second kappa shape index (κ2) is 8.91. The summed E-state index contributed by atoms with van der Waals surface area (Å²) in [5, 5.41) is 20.7. The molecule has 1 aromatic carbocycles.